The molecule has 0 spiro atoms. The Hall–Kier alpha value is -4.90. The van der Waals surface area contributed by atoms with Gasteiger partial charge in [-0.15, -0.1) is 0 Å². The Morgan fingerprint density at radius 1 is 1.10 bits per heavy atom. The maximum Gasteiger partial charge on any atom is 0.338 e. The Morgan fingerprint density at radius 3 is 2.73 bits per heavy atom. The number of carbonyl (C=O) groups is 2. The van der Waals surface area contributed by atoms with E-state index in [0.29, 0.717) is 54.7 Å². The van der Waals surface area contributed by atoms with Crippen LogP contribution in [0.2, 0.25) is 0 Å². The molecule has 6 rings (SSSR count). The van der Waals surface area contributed by atoms with Crippen LogP contribution < -0.4 is 24.4 Å². The Labute approximate surface area is 237 Å². The zero-order valence-electron chi connectivity index (χ0n) is 22.3. The molecule has 2 aliphatic rings. The monoisotopic (exact) mass is 572 g/mol. The van der Waals surface area contributed by atoms with Gasteiger partial charge in [-0.25, -0.2) is 14.6 Å². The SMILES string of the molecule is CCOC(=O)C1=C(C)N=c2s/c(=C/c3ccc(-c4cccc(C(=O)OC)c4)o3)c(=O)n2[C@@H]1c1ccc2c(c1)OCO2. The van der Waals surface area contributed by atoms with Gasteiger partial charge in [0.15, 0.2) is 16.3 Å². The highest BCUT2D eigenvalue weighted by Crippen LogP contribution is 2.38. The molecule has 4 heterocycles. The van der Waals surface area contributed by atoms with Crippen LogP contribution in [-0.2, 0) is 14.3 Å². The molecule has 0 saturated carbocycles. The molecule has 10 nitrogen and oxygen atoms in total. The molecule has 0 saturated heterocycles. The van der Waals surface area contributed by atoms with Crippen LogP contribution in [0.5, 0.6) is 11.5 Å². The van der Waals surface area contributed by atoms with Gasteiger partial charge in [-0.05, 0) is 55.8 Å². The molecule has 1 atom stereocenters. The van der Waals surface area contributed by atoms with Crippen molar-refractivity contribution in [3.63, 3.8) is 0 Å². The molecule has 0 bridgehead atoms. The molecule has 2 aliphatic heterocycles. The Morgan fingerprint density at radius 2 is 1.93 bits per heavy atom. The Kier molecular flexibility index (Phi) is 6.80. The Bertz CT molecular complexity index is 1910. The maximum atomic E-state index is 13.9. The predicted octanol–water partition coefficient (Wildman–Crippen LogP) is 3.57. The van der Waals surface area contributed by atoms with E-state index in [-0.39, 0.29) is 24.5 Å². The van der Waals surface area contributed by atoms with Crippen LogP contribution in [-0.4, -0.2) is 37.0 Å². The van der Waals surface area contributed by atoms with Gasteiger partial charge in [0, 0.05) is 11.6 Å². The van der Waals surface area contributed by atoms with E-state index in [9.17, 15) is 14.4 Å². The number of furan rings is 1. The number of allylic oxidation sites excluding steroid dienone is 1. The van der Waals surface area contributed by atoms with Crippen LogP contribution in [0.15, 0.2) is 80.1 Å². The topological polar surface area (TPSA) is 119 Å². The molecule has 0 radical (unpaired) electrons. The number of rotatable bonds is 6. The van der Waals surface area contributed by atoms with Gasteiger partial charge in [-0.3, -0.25) is 9.36 Å². The molecule has 0 aliphatic carbocycles. The minimum Gasteiger partial charge on any atom is -0.465 e. The third kappa shape index (κ3) is 4.74. The van der Waals surface area contributed by atoms with Crippen molar-refractivity contribution in [1.82, 2.24) is 4.57 Å². The summed E-state index contributed by atoms with van der Waals surface area (Å²) in [7, 11) is 1.32. The number of thiazole rings is 1. The fraction of sp³-hybridized carbons (Fsp3) is 0.200. The number of hydrogen-bond donors (Lipinski definition) is 0. The second-order valence-electron chi connectivity index (χ2n) is 9.19. The number of carbonyl (C=O) groups excluding carboxylic acids is 2. The van der Waals surface area contributed by atoms with Crippen molar-refractivity contribution in [3.8, 4) is 22.8 Å². The quantitative estimate of drug-likeness (QED) is 0.322. The van der Waals surface area contributed by atoms with Crippen molar-refractivity contribution in [2.24, 2.45) is 4.99 Å². The van der Waals surface area contributed by atoms with Crippen molar-refractivity contribution in [1.29, 1.82) is 0 Å². The van der Waals surface area contributed by atoms with Crippen molar-refractivity contribution >= 4 is 29.4 Å². The van der Waals surface area contributed by atoms with Crippen molar-refractivity contribution in [2.75, 3.05) is 20.5 Å². The van der Waals surface area contributed by atoms with Gasteiger partial charge in [0.2, 0.25) is 6.79 Å². The summed E-state index contributed by atoms with van der Waals surface area (Å²) in [5.41, 5.74) is 2.14. The molecule has 4 aromatic rings. The first-order valence-electron chi connectivity index (χ1n) is 12.8. The number of nitrogens with zero attached hydrogens (tertiary/aromatic N) is 2. The zero-order chi connectivity index (χ0) is 28.7. The first-order valence-corrected chi connectivity index (χ1v) is 13.6. The minimum absolute atomic E-state index is 0.0965. The summed E-state index contributed by atoms with van der Waals surface area (Å²) in [5, 5.41) is 0. The average Bonchev–Trinajstić information content (AvgIpc) is 3.71. The van der Waals surface area contributed by atoms with Crippen LogP contribution in [0.3, 0.4) is 0 Å². The number of esters is 2. The summed E-state index contributed by atoms with van der Waals surface area (Å²) < 4.78 is 29.0. The highest BCUT2D eigenvalue weighted by Gasteiger charge is 2.34. The summed E-state index contributed by atoms with van der Waals surface area (Å²) in [6.45, 7) is 3.73. The summed E-state index contributed by atoms with van der Waals surface area (Å²) in [6, 6.07) is 14.9. The fourth-order valence-corrected chi connectivity index (χ4v) is 5.85. The largest absolute Gasteiger partial charge is 0.465 e. The molecular formula is C30H24N2O8S. The molecule has 0 amide bonds. The number of ether oxygens (including phenoxy) is 4. The van der Waals surface area contributed by atoms with E-state index in [1.165, 1.54) is 23.0 Å². The number of hydrogen-bond acceptors (Lipinski definition) is 10. The van der Waals surface area contributed by atoms with E-state index in [0.717, 1.165) is 0 Å². The van der Waals surface area contributed by atoms with E-state index in [1.807, 2.05) is 6.07 Å². The van der Waals surface area contributed by atoms with Crippen LogP contribution in [0.1, 0.15) is 41.6 Å². The smallest absolute Gasteiger partial charge is 0.338 e. The molecule has 0 fully saturated rings. The first-order chi connectivity index (χ1) is 19.9. The van der Waals surface area contributed by atoms with Gasteiger partial charge in [-0.1, -0.05) is 29.5 Å². The minimum atomic E-state index is -0.782. The lowest BCUT2D eigenvalue weighted by molar-refractivity contribution is -0.139. The number of aromatic nitrogens is 1. The average molecular weight is 573 g/mol. The lowest BCUT2D eigenvalue weighted by atomic mass is 9.95. The molecular weight excluding hydrogens is 548 g/mol. The van der Waals surface area contributed by atoms with E-state index < -0.39 is 18.0 Å². The molecule has 208 valence electrons. The normalized spacial score (nSPS) is 15.9. The van der Waals surface area contributed by atoms with Gasteiger partial charge in [-0.2, -0.15) is 0 Å². The molecule has 0 N–H and O–H groups in total. The molecule has 2 aromatic carbocycles. The van der Waals surface area contributed by atoms with Crippen LogP contribution in [0, 0.1) is 0 Å². The standard InChI is InChI=1S/C30H24N2O8S/c1-4-37-29(35)25-16(2)31-30-32(26(25)18-8-10-22-23(13-18)39-15-38-22)27(33)24(41-30)14-20-9-11-21(40-20)17-6-5-7-19(12-17)28(34)36-3/h5-14,26H,4,15H2,1-3H3/b24-14+/t26-/m1/s1. The maximum absolute atomic E-state index is 13.9. The van der Waals surface area contributed by atoms with E-state index in [4.69, 9.17) is 23.4 Å². The van der Waals surface area contributed by atoms with Gasteiger partial charge in [0.1, 0.15) is 11.5 Å². The van der Waals surface area contributed by atoms with Gasteiger partial charge in [0.25, 0.3) is 5.56 Å². The first kappa shape index (κ1) is 26.3. The van der Waals surface area contributed by atoms with Crippen molar-refractivity contribution in [2.45, 2.75) is 19.9 Å². The summed E-state index contributed by atoms with van der Waals surface area (Å²) in [6.07, 6.45) is 1.64. The number of fused-ring (bicyclic) bond motifs is 2. The molecule has 0 unspecified atom stereocenters. The van der Waals surface area contributed by atoms with Crippen LogP contribution in [0.25, 0.3) is 17.4 Å². The summed E-state index contributed by atoms with van der Waals surface area (Å²) >= 11 is 1.19. The molecule has 11 heteroatoms. The van der Waals surface area contributed by atoms with E-state index in [2.05, 4.69) is 4.99 Å². The predicted molar refractivity (Wildman–Crippen MR) is 148 cm³/mol. The van der Waals surface area contributed by atoms with E-state index >= 15 is 0 Å². The number of methoxy groups -OCH3 is 1. The lowest BCUT2D eigenvalue weighted by Gasteiger charge is -2.24. The van der Waals surface area contributed by atoms with Gasteiger partial charge >= 0.3 is 11.9 Å². The highest BCUT2D eigenvalue weighted by atomic mass is 32.1. The van der Waals surface area contributed by atoms with Crippen molar-refractivity contribution in [3.05, 3.63) is 102 Å². The Balaban J connectivity index is 1.44. The number of benzene rings is 2. The van der Waals surface area contributed by atoms with Gasteiger partial charge in [0.05, 0.1) is 41.1 Å². The van der Waals surface area contributed by atoms with Gasteiger partial charge < -0.3 is 23.4 Å². The lowest BCUT2D eigenvalue weighted by Crippen LogP contribution is -2.39. The third-order valence-corrected chi connectivity index (χ3v) is 7.68. The second kappa shape index (κ2) is 10.6. The summed E-state index contributed by atoms with van der Waals surface area (Å²) in [5.74, 6) is 1.08. The second-order valence-corrected chi connectivity index (χ2v) is 10.2. The highest BCUT2D eigenvalue weighted by molar-refractivity contribution is 7.07. The third-order valence-electron chi connectivity index (χ3n) is 6.70. The summed E-state index contributed by atoms with van der Waals surface area (Å²) in [4.78, 5) is 43.9. The molecule has 41 heavy (non-hydrogen) atoms. The van der Waals surface area contributed by atoms with Crippen LogP contribution in [0.4, 0.5) is 0 Å². The fourth-order valence-electron chi connectivity index (χ4n) is 4.82. The van der Waals surface area contributed by atoms with Crippen LogP contribution >= 0.6 is 11.3 Å². The molecule has 2 aromatic heterocycles. The van der Waals surface area contributed by atoms with E-state index in [1.54, 1.807) is 68.5 Å². The zero-order valence-corrected chi connectivity index (χ0v) is 23.2. The van der Waals surface area contributed by atoms with Crippen molar-refractivity contribution < 1.29 is 33.0 Å².